The number of benzene rings is 1. The van der Waals surface area contributed by atoms with Gasteiger partial charge in [-0.05, 0) is 30.4 Å². The van der Waals surface area contributed by atoms with Crippen LogP contribution in [0.25, 0.3) is 0 Å². The van der Waals surface area contributed by atoms with E-state index in [1.54, 1.807) is 0 Å². The average Bonchev–Trinajstić information content (AvgIpc) is 2.51. The molecule has 0 saturated carbocycles. The third-order valence-corrected chi connectivity index (χ3v) is 4.30. The molecule has 1 rings (SSSR count). The summed E-state index contributed by atoms with van der Waals surface area (Å²) in [4.78, 5) is 0. The second kappa shape index (κ2) is 12.9. The normalized spacial score (nSPS) is 11.0. The molecule has 0 unspecified atom stereocenters. The molecule has 0 aliphatic heterocycles. The van der Waals surface area contributed by atoms with Crippen molar-refractivity contribution in [3.8, 4) is 0 Å². The van der Waals surface area contributed by atoms with Gasteiger partial charge < -0.3 is 5.11 Å². The van der Waals surface area contributed by atoms with Crippen molar-refractivity contribution in [2.24, 2.45) is 0 Å². The SMILES string of the molecule is CCCCCCCCCCCCc1ccccc1CCO. The summed E-state index contributed by atoms with van der Waals surface area (Å²) < 4.78 is 0. The zero-order valence-electron chi connectivity index (χ0n) is 13.9. The average molecular weight is 290 g/mol. The largest absolute Gasteiger partial charge is 0.396 e. The lowest BCUT2D eigenvalue weighted by Crippen LogP contribution is -1.97. The van der Waals surface area contributed by atoms with Crippen LogP contribution in [-0.2, 0) is 12.8 Å². The number of aliphatic hydroxyl groups excluding tert-OH is 1. The minimum absolute atomic E-state index is 0.259. The predicted octanol–water partition coefficient (Wildman–Crippen LogP) is 5.68. The zero-order valence-corrected chi connectivity index (χ0v) is 13.9. The first-order chi connectivity index (χ1) is 10.4. The Labute approximate surface area is 131 Å². The molecule has 0 atom stereocenters. The Morgan fingerprint density at radius 1 is 0.667 bits per heavy atom. The summed E-state index contributed by atoms with van der Waals surface area (Å²) in [6.45, 7) is 2.54. The van der Waals surface area contributed by atoms with Crippen LogP contribution in [0.15, 0.2) is 24.3 Å². The second-order valence-corrected chi connectivity index (χ2v) is 6.17. The molecule has 0 aliphatic carbocycles. The first-order valence-corrected chi connectivity index (χ1v) is 9.06. The van der Waals surface area contributed by atoms with Crippen LogP contribution in [0.2, 0.25) is 0 Å². The van der Waals surface area contributed by atoms with Crippen LogP contribution in [0.5, 0.6) is 0 Å². The second-order valence-electron chi connectivity index (χ2n) is 6.17. The lowest BCUT2D eigenvalue weighted by Gasteiger charge is -2.08. The Balaban J connectivity index is 2.01. The van der Waals surface area contributed by atoms with E-state index in [-0.39, 0.29) is 6.61 Å². The molecule has 0 fully saturated rings. The van der Waals surface area contributed by atoms with Crippen LogP contribution in [0.4, 0.5) is 0 Å². The number of rotatable bonds is 13. The smallest absolute Gasteiger partial charge is 0.0471 e. The highest BCUT2D eigenvalue weighted by molar-refractivity contribution is 5.27. The van der Waals surface area contributed by atoms with Gasteiger partial charge in [-0.3, -0.25) is 0 Å². The topological polar surface area (TPSA) is 20.2 Å². The highest BCUT2D eigenvalue weighted by Gasteiger charge is 2.01. The maximum atomic E-state index is 9.09. The fourth-order valence-electron chi connectivity index (χ4n) is 2.97. The molecule has 1 nitrogen and oxygen atoms in total. The van der Waals surface area contributed by atoms with Crippen molar-refractivity contribution in [1.29, 1.82) is 0 Å². The Bertz CT molecular complexity index is 345. The Morgan fingerprint density at radius 3 is 1.67 bits per heavy atom. The fraction of sp³-hybridized carbons (Fsp3) is 0.700. The van der Waals surface area contributed by atoms with Gasteiger partial charge in [0.15, 0.2) is 0 Å². The molecule has 0 radical (unpaired) electrons. The Kier molecular flexibility index (Phi) is 11.2. The van der Waals surface area contributed by atoms with E-state index >= 15 is 0 Å². The molecule has 1 aromatic carbocycles. The van der Waals surface area contributed by atoms with Crippen molar-refractivity contribution >= 4 is 0 Å². The highest BCUT2D eigenvalue weighted by Crippen LogP contribution is 2.15. The standard InChI is InChI=1S/C20H34O/c1-2-3-4-5-6-7-8-9-10-11-14-19-15-12-13-16-20(19)17-18-21/h12-13,15-16,21H,2-11,14,17-18H2,1H3. The van der Waals surface area contributed by atoms with Gasteiger partial charge in [0.2, 0.25) is 0 Å². The van der Waals surface area contributed by atoms with E-state index in [9.17, 15) is 0 Å². The number of aliphatic hydroxyl groups is 1. The van der Waals surface area contributed by atoms with E-state index in [1.165, 1.54) is 81.8 Å². The minimum atomic E-state index is 0.259. The van der Waals surface area contributed by atoms with Crippen LogP contribution in [0, 0.1) is 0 Å². The number of aryl methyl sites for hydroxylation is 1. The van der Waals surface area contributed by atoms with Crippen molar-refractivity contribution in [3.63, 3.8) is 0 Å². The highest BCUT2D eigenvalue weighted by atomic mass is 16.2. The fourth-order valence-corrected chi connectivity index (χ4v) is 2.97. The van der Waals surface area contributed by atoms with E-state index in [0.717, 1.165) is 6.42 Å². The van der Waals surface area contributed by atoms with Crippen LogP contribution in [0.3, 0.4) is 0 Å². The molecule has 0 heterocycles. The molecule has 0 spiro atoms. The van der Waals surface area contributed by atoms with Gasteiger partial charge in [-0.15, -0.1) is 0 Å². The summed E-state index contributed by atoms with van der Waals surface area (Å²) in [6.07, 6.45) is 15.9. The van der Waals surface area contributed by atoms with E-state index in [2.05, 4.69) is 31.2 Å². The zero-order chi connectivity index (χ0) is 15.2. The molecule has 0 bridgehead atoms. The lowest BCUT2D eigenvalue weighted by atomic mass is 9.98. The van der Waals surface area contributed by atoms with Crippen LogP contribution in [0.1, 0.15) is 82.3 Å². The quantitative estimate of drug-likeness (QED) is 0.463. The molecule has 1 heteroatoms. The van der Waals surface area contributed by atoms with E-state index in [0.29, 0.717) is 0 Å². The van der Waals surface area contributed by atoms with Gasteiger partial charge in [0.1, 0.15) is 0 Å². The van der Waals surface area contributed by atoms with Crippen molar-refractivity contribution < 1.29 is 5.11 Å². The van der Waals surface area contributed by atoms with Gasteiger partial charge in [-0.25, -0.2) is 0 Å². The molecule has 1 N–H and O–H groups in total. The summed E-state index contributed by atoms with van der Waals surface area (Å²) in [7, 11) is 0. The molecule has 21 heavy (non-hydrogen) atoms. The first-order valence-electron chi connectivity index (χ1n) is 9.06. The molecular weight excluding hydrogens is 256 g/mol. The van der Waals surface area contributed by atoms with Crippen molar-refractivity contribution in [2.75, 3.05) is 6.61 Å². The number of unbranched alkanes of at least 4 members (excludes halogenated alkanes) is 9. The number of hydrogen-bond donors (Lipinski definition) is 1. The van der Waals surface area contributed by atoms with Gasteiger partial charge in [-0.2, -0.15) is 0 Å². The minimum Gasteiger partial charge on any atom is -0.396 e. The molecular formula is C20H34O. The van der Waals surface area contributed by atoms with E-state index in [4.69, 9.17) is 5.11 Å². The summed E-state index contributed by atoms with van der Waals surface area (Å²) in [5.74, 6) is 0. The van der Waals surface area contributed by atoms with Gasteiger partial charge in [0, 0.05) is 6.61 Å². The van der Waals surface area contributed by atoms with Gasteiger partial charge in [0.25, 0.3) is 0 Å². The molecule has 0 aliphatic rings. The predicted molar refractivity (Wildman–Crippen MR) is 92.8 cm³/mol. The van der Waals surface area contributed by atoms with Crippen LogP contribution >= 0.6 is 0 Å². The number of hydrogen-bond acceptors (Lipinski definition) is 1. The third kappa shape index (κ3) is 8.93. The van der Waals surface area contributed by atoms with Gasteiger partial charge >= 0.3 is 0 Å². The van der Waals surface area contributed by atoms with Crippen LogP contribution < -0.4 is 0 Å². The third-order valence-electron chi connectivity index (χ3n) is 4.30. The van der Waals surface area contributed by atoms with E-state index < -0.39 is 0 Å². The molecule has 1 aromatic rings. The molecule has 0 amide bonds. The van der Waals surface area contributed by atoms with Crippen LogP contribution in [-0.4, -0.2) is 11.7 Å². The summed E-state index contributed by atoms with van der Waals surface area (Å²) in [6, 6.07) is 8.57. The summed E-state index contributed by atoms with van der Waals surface area (Å²) in [5, 5.41) is 9.09. The maximum Gasteiger partial charge on any atom is 0.0471 e. The van der Waals surface area contributed by atoms with Crippen molar-refractivity contribution in [2.45, 2.75) is 84.0 Å². The summed E-state index contributed by atoms with van der Waals surface area (Å²) in [5.41, 5.74) is 2.77. The maximum absolute atomic E-state index is 9.09. The molecule has 0 aromatic heterocycles. The van der Waals surface area contributed by atoms with E-state index in [1.807, 2.05) is 0 Å². The summed E-state index contributed by atoms with van der Waals surface area (Å²) >= 11 is 0. The first kappa shape index (κ1) is 18.2. The van der Waals surface area contributed by atoms with Gasteiger partial charge in [0.05, 0.1) is 0 Å². The lowest BCUT2D eigenvalue weighted by molar-refractivity contribution is 0.299. The monoisotopic (exact) mass is 290 g/mol. The molecule has 120 valence electrons. The Morgan fingerprint density at radius 2 is 1.14 bits per heavy atom. The van der Waals surface area contributed by atoms with Crippen molar-refractivity contribution in [1.82, 2.24) is 0 Å². The van der Waals surface area contributed by atoms with Gasteiger partial charge in [-0.1, -0.05) is 89.0 Å². The molecule has 0 saturated heterocycles. The Hall–Kier alpha value is -0.820. The van der Waals surface area contributed by atoms with Crippen molar-refractivity contribution in [3.05, 3.63) is 35.4 Å².